The van der Waals surface area contributed by atoms with Crippen LogP contribution in [0, 0.1) is 6.92 Å². The predicted octanol–water partition coefficient (Wildman–Crippen LogP) is 3.81. The van der Waals surface area contributed by atoms with Crippen molar-refractivity contribution in [2.24, 2.45) is 0 Å². The lowest BCUT2D eigenvalue weighted by atomic mass is 10.1. The molecule has 1 aromatic heterocycles. The van der Waals surface area contributed by atoms with E-state index in [1.807, 2.05) is 12.1 Å². The number of methoxy groups -OCH3 is 1. The first-order valence-electron chi connectivity index (χ1n) is 5.99. The topological polar surface area (TPSA) is 39.4 Å². The van der Waals surface area contributed by atoms with Gasteiger partial charge in [0.15, 0.2) is 0 Å². The van der Waals surface area contributed by atoms with E-state index in [4.69, 9.17) is 9.15 Å². The molecule has 0 aliphatic heterocycles. The van der Waals surface area contributed by atoms with Gasteiger partial charge < -0.3 is 9.15 Å². The van der Waals surface area contributed by atoms with Crippen LogP contribution in [0.25, 0.3) is 0 Å². The van der Waals surface area contributed by atoms with Gasteiger partial charge >= 0.3 is 5.97 Å². The summed E-state index contributed by atoms with van der Waals surface area (Å²) in [7, 11) is 1.37. The molecule has 0 aliphatic rings. The number of carbonyl (C=O) groups is 1. The van der Waals surface area contributed by atoms with Crippen LogP contribution in [0.3, 0.4) is 0 Å². The van der Waals surface area contributed by atoms with Gasteiger partial charge in [-0.15, -0.1) is 11.8 Å². The predicted molar refractivity (Wildman–Crippen MR) is 76.2 cm³/mol. The van der Waals surface area contributed by atoms with Crippen LogP contribution in [0.2, 0.25) is 0 Å². The summed E-state index contributed by atoms with van der Waals surface area (Å²) < 4.78 is 10.0. The molecule has 2 aromatic rings. The van der Waals surface area contributed by atoms with E-state index in [-0.39, 0.29) is 5.97 Å². The van der Waals surface area contributed by atoms with Gasteiger partial charge in [0.2, 0.25) is 0 Å². The molecule has 0 unspecified atom stereocenters. The first kappa shape index (κ1) is 13.7. The normalized spacial score (nSPS) is 10.4. The molecule has 19 heavy (non-hydrogen) atoms. The zero-order valence-corrected chi connectivity index (χ0v) is 11.8. The maximum absolute atomic E-state index is 11.5. The monoisotopic (exact) mass is 276 g/mol. The van der Waals surface area contributed by atoms with Crippen LogP contribution >= 0.6 is 11.8 Å². The fourth-order valence-corrected chi connectivity index (χ4v) is 2.82. The number of hydrogen-bond donors (Lipinski definition) is 0. The lowest BCUT2D eigenvalue weighted by Gasteiger charge is -2.05. The molecule has 0 radical (unpaired) electrons. The molecular weight excluding hydrogens is 260 g/mol. The van der Waals surface area contributed by atoms with E-state index in [0.717, 1.165) is 5.75 Å². The summed E-state index contributed by atoms with van der Waals surface area (Å²) in [6, 6.07) is 9.94. The number of furan rings is 1. The highest BCUT2D eigenvalue weighted by atomic mass is 32.2. The van der Waals surface area contributed by atoms with Gasteiger partial charge in [0.05, 0.1) is 19.1 Å². The Morgan fingerprint density at radius 2 is 2.05 bits per heavy atom. The maximum atomic E-state index is 11.5. The first-order chi connectivity index (χ1) is 9.22. The molecule has 4 heteroatoms. The van der Waals surface area contributed by atoms with Gasteiger partial charge in [-0.25, -0.2) is 4.79 Å². The summed E-state index contributed by atoms with van der Waals surface area (Å²) in [6.45, 7) is 2.10. The minimum Gasteiger partial charge on any atom is -0.468 e. The lowest BCUT2D eigenvalue weighted by Crippen LogP contribution is -2.02. The largest absolute Gasteiger partial charge is 0.468 e. The Hall–Kier alpha value is -1.68. The van der Waals surface area contributed by atoms with Gasteiger partial charge in [-0.05, 0) is 24.1 Å². The van der Waals surface area contributed by atoms with Gasteiger partial charge in [-0.2, -0.15) is 0 Å². The molecule has 1 aromatic carbocycles. The minimum absolute atomic E-state index is 0.347. The summed E-state index contributed by atoms with van der Waals surface area (Å²) in [5.74, 6) is 1.88. The summed E-state index contributed by atoms with van der Waals surface area (Å²) in [4.78, 5) is 11.5. The van der Waals surface area contributed by atoms with Crippen molar-refractivity contribution in [3.05, 3.63) is 59.0 Å². The second kappa shape index (κ2) is 6.48. The van der Waals surface area contributed by atoms with E-state index >= 15 is 0 Å². The van der Waals surface area contributed by atoms with E-state index in [2.05, 4.69) is 19.1 Å². The summed E-state index contributed by atoms with van der Waals surface area (Å²) >= 11 is 1.72. The van der Waals surface area contributed by atoms with Gasteiger partial charge in [-0.3, -0.25) is 0 Å². The average molecular weight is 276 g/mol. The number of rotatable bonds is 5. The van der Waals surface area contributed by atoms with E-state index < -0.39 is 0 Å². The molecule has 0 fully saturated rings. The highest BCUT2D eigenvalue weighted by Crippen LogP contribution is 2.23. The number of ether oxygens (including phenoxy) is 1. The standard InChI is InChI=1S/C15H16O3S/c1-11-5-3-4-6-12(11)9-19-10-14-13(7-8-18-14)15(16)17-2/h3-8H,9-10H2,1-2H3. The smallest absolute Gasteiger partial charge is 0.341 e. The van der Waals surface area contributed by atoms with Gasteiger partial charge in [-0.1, -0.05) is 24.3 Å². The zero-order chi connectivity index (χ0) is 13.7. The van der Waals surface area contributed by atoms with Crippen LogP contribution in [0.1, 0.15) is 27.2 Å². The SMILES string of the molecule is COC(=O)c1ccoc1CSCc1ccccc1C. The van der Waals surface area contributed by atoms with Crippen molar-refractivity contribution in [1.29, 1.82) is 0 Å². The van der Waals surface area contributed by atoms with Gasteiger partial charge in [0.1, 0.15) is 11.3 Å². The Balaban J connectivity index is 1.95. The maximum Gasteiger partial charge on any atom is 0.341 e. The Labute approximate surface area is 117 Å². The van der Waals surface area contributed by atoms with E-state index in [1.54, 1.807) is 17.8 Å². The molecule has 100 valence electrons. The summed E-state index contributed by atoms with van der Waals surface area (Å²) in [5, 5.41) is 0. The van der Waals surface area contributed by atoms with Crippen molar-refractivity contribution in [3.8, 4) is 0 Å². The molecular formula is C15H16O3S. The molecule has 0 saturated heterocycles. The number of aryl methyl sites for hydroxylation is 1. The molecule has 0 saturated carbocycles. The first-order valence-corrected chi connectivity index (χ1v) is 7.14. The van der Waals surface area contributed by atoms with Crippen molar-refractivity contribution in [2.75, 3.05) is 7.11 Å². The second-order valence-corrected chi connectivity index (χ2v) is 5.15. The van der Waals surface area contributed by atoms with Gasteiger partial charge in [0, 0.05) is 5.75 Å². The Morgan fingerprint density at radius 3 is 2.79 bits per heavy atom. The molecule has 1 heterocycles. The number of hydrogen-bond acceptors (Lipinski definition) is 4. The lowest BCUT2D eigenvalue weighted by molar-refractivity contribution is 0.0598. The molecule has 0 amide bonds. The highest BCUT2D eigenvalue weighted by molar-refractivity contribution is 7.97. The van der Waals surface area contributed by atoms with Crippen molar-refractivity contribution >= 4 is 17.7 Å². The molecule has 0 N–H and O–H groups in total. The molecule has 0 bridgehead atoms. The van der Waals surface area contributed by atoms with Crippen LogP contribution in [-0.2, 0) is 16.2 Å². The number of carbonyl (C=O) groups excluding carboxylic acids is 1. The van der Waals surface area contributed by atoms with Crippen molar-refractivity contribution in [2.45, 2.75) is 18.4 Å². The molecule has 0 atom stereocenters. The van der Waals surface area contributed by atoms with Gasteiger partial charge in [0.25, 0.3) is 0 Å². The second-order valence-electron chi connectivity index (χ2n) is 4.17. The van der Waals surface area contributed by atoms with Crippen LogP contribution in [0.4, 0.5) is 0 Å². The highest BCUT2D eigenvalue weighted by Gasteiger charge is 2.14. The summed E-state index contributed by atoms with van der Waals surface area (Å²) in [6.07, 6.45) is 1.52. The Bertz CT molecular complexity index is 560. The molecule has 0 aliphatic carbocycles. The summed E-state index contributed by atoms with van der Waals surface area (Å²) in [5.41, 5.74) is 3.10. The van der Waals surface area contributed by atoms with Crippen LogP contribution in [-0.4, -0.2) is 13.1 Å². The third-order valence-electron chi connectivity index (χ3n) is 2.90. The van der Waals surface area contributed by atoms with Crippen LogP contribution < -0.4 is 0 Å². The Kier molecular flexibility index (Phi) is 4.68. The van der Waals surface area contributed by atoms with E-state index in [0.29, 0.717) is 17.1 Å². The zero-order valence-electron chi connectivity index (χ0n) is 11.0. The Morgan fingerprint density at radius 1 is 1.26 bits per heavy atom. The van der Waals surface area contributed by atoms with Crippen molar-refractivity contribution in [1.82, 2.24) is 0 Å². The minimum atomic E-state index is -0.347. The number of benzene rings is 1. The number of thioether (sulfide) groups is 1. The molecule has 3 nitrogen and oxygen atoms in total. The number of esters is 1. The average Bonchev–Trinajstić information content (AvgIpc) is 2.88. The van der Waals surface area contributed by atoms with Crippen LogP contribution in [0.15, 0.2) is 41.0 Å². The fourth-order valence-electron chi connectivity index (χ4n) is 1.77. The third kappa shape index (κ3) is 3.41. The van der Waals surface area contributed by atoms with Crippen molar-refractivity contribution < 1.29 is 13.9 Å². The fraction of sp³-hybridized carbons (Fsp3) is 0.267. The van der Waals surface area contributed by atoms with Crippen LogP contribution in [0.5, 0.6) is 0 Å². The quantitative estimate of drug-likeness (QED) is 0.778. The van der Waals surface area contributed by atoms with E-state index in [1.165, 1.54) is 24.5 Å². The van der Waals surface area contributed by atoms with Crippen molar-refractivity contribution in [3.63, 3.8) is 0 Å². The third-order valence-corrected chi connectivity index (χ3v) is 3.88. The molecule has 0 spiro atoms. The molecule has 2 rings (SSSR count). The van der Waals surface area contributed by atoms with E-state index in [9.17, 15) is 4.79 Å².